The maximum atomic E-state index is 13.1. The van der Waals surface area contributed by atoms with Gasteiger partial charge >= 0.3 is 5.97 Å². The number of nitrogens with two attached hydrogens (primary N) is 1. The lowest BCUT2D eigenvalue weighted by atomic mass is 9.80. The van der Waals surface area contributed by atoms with Gasteiger partial charge in [0.25, 0.3) is 0 Å². The molecule has 2 saturated heterocycles. The van der Waals surface area contributed by atoms with E-state index in [9.17, 15) is 14.4 Å². The van der Waals surface area contributed by atoms with Crippen LogP contribution in [0.1, 0.15) is 71.1 Å². The maximum absolute atomic E-state index is 13.1. The minimum absolute atomic E-state index is 0.143. The molecule has 3 rings (SSSR count). The van der Waals surface area contributed by atoms with Crippen molar-refractivity contribution in [3.63, 3.8) is 0 Å². The highest BCUT2D eigenvalue weighted by Gasteiger charge is 2.36. The zero-order valence-electron chi connectivity index (χ0n) is 18.5. The van der Waals surface area contributed by atoms with Crippen LogP contribution in [0.15, 0.2) is 0 Å². The number of carbonyl (C=O) groups excluding carboxylic acids is 3. The number of ether oxygens (including phenoxy) is 1. The zero-order valence-corrected chi connectivity index (χ0v) is 18.5. The summed E-state index contributed by atoms with van der Waals surface area (Å²) in [6, 6.07) is -0.169. The summed E-state index contributed by atoms with van der Waals surface area (Å²) in [6.45, 7) is 5.38. The van der Waals surface area contributed by atoms with Crippen molar-refractivity contribution in [3.8, 4) is 0 Å². The van der Waals surface area contributed by atoms with Crippen molar-refractivity contribution in [1.82, 2.24) is 9.80 Å². The molecule has 1 saturated carbocycles. The molecule has 3 aliphatic rings. The first-order chi connectivity index (χ1) is 14.5. The van der Waals surface area contributed by atoms with Gasteiger partial charge in [-0.2, -0.15) is 0 Å². The normalized spacial score (nSPS) is 28.4. The van der Waals surface area contributed by atoms with E-state index in [-0.39, 0.29) is 35.7 Å². The fourth-order valence-corrected chi connectivity index (χ4v) is 5.67. The van der Waals surface area contributed by atoms with E-state index < -0.39 is 0 Å². The first kappa shape index (κ1) is 23.0. The van der Waals surface area contributed by atoms with Crippen molar-refractivity contribution in [2.24, 2.45) is 23.5 Å². The molecule has 0 aromatic rings. The fourth-order valence-electron chi connectivity index (χ4n) is 5.67. The number of nitrogens with zero attached hydrogens (tertiary/aromatic N) is 2. The minimum Gasteiger partial charge on any atom is -0.466 e. The highest BCUT2D eigenvalue weighted by atomic mass is 16.5. The Hall–Kier alpha value is -1.63. The molecular weight excluding hydrogens is 382 g/mol. The van der Waals surface area contributed by atoms with E-state index in [1.54, 1.807) is 0 Å². The summed E-state index contributed by atoms with van der Waals surface area (Å²) < 4.78 is 5.20. The maximum Gasteiger partial charge on any atom is 0.306 e. The van der Waals surface area contributed by atoms with Gasteiger partial charge in [0.2, 0.25) is 11.8 Å². The molecule has 2 amide bonds. The molecule has 2 heterocycles. The monoisotopic (exact) mass is 421 g/mol. The Morgan fingerprint density at radius 2 is 1.73 bits per heavy atom. The third-order valence-electron chi connectivity index (χ3n) is 7.37. The number of carbonyl (C=O) groups is 3. The molecule has 1 aliphatic carbocycles. The Morgan fingerprint density at radius 1 is 0.967 bits per heavy atom. The van der Waals surface area contributed by atoms with Crippen LogP contribution < -0.4 is 5.73 Å². The van der Waals surface area contributed by atoms with E-state index in [1.807, 2.05) is 6.92 Å². The molecule has 30 heavy (non-hydrogen) atoms. The molecule has 2 aliphatic heterocycles. The lowest BCUT2D eigenvalue weighted by Gasteiger charge is -2.41. The average molecular weight is 422 g/mol. The number of primary amides is 1. The van der Waals surface area contributed by atoms with Gasteiger partial charge in [-0.3, -0.25) is 19.3 Å². The first-order valence-corrected chi connectivity index (χ1v) is 12.0. The van der Waals surface area contributed by atoms with Crippen LogP contribution in [0.4, 0.5) is 0 Å². The molecule has 7 nitrogen and oxygen atoms in total. The van der Waals surface area contributed by atoms with Crippen LogP contribution in [0.3, 0.4) is 0 Å². The van der Waals surface area contributed by atoms with Crippen LogP contribution in [0.2, 0.25) is 0 Å². The summed E-state index contributed by atoms with van der Waals surface area (Å²) in [4.78, 5) is 41.2. The lowest BCUT2D eigenvalue weighted by Crippen LogP contribution is -2.48. The van der Waals surface area contributed by atoms with Crippen molar-refractivity contribution in [2.75, 3.05) is 32.8 Å². The minimum atomic E-state index is -0.242. The Labute approximate surface area is 180 Å². The molecule has 0 bridgehead atoms. The average Bonchev–Trinajstić information content (AvgIpc) is 3.22. The molecule has 3 atom stereocenters. The van der Waals surface area contributed by atoms with Crippen LogP contribution in [-0.4, -0.2) is 66.4 Å². The smallest absolute Gasteiger partial charge is 0.306 e. The van der Waals surface area contributed by atoms with E-state index in [2.05, 4.69) is 9.80 Å². The number of rotatable bonds is 8. The Balaban J connectivity index is 1.62. The third kappa shape index (κ3) is 5.96. The number of amides is 2. The molecule has 3 unspecified atom stereocenters. The van der Waals surface area contributed by atoms with Crippen molar-refractivity contribution >= 4 is 17.8 Å². The second-order valence-corrected chi connectivity index (χ2v) is 9.32. The Kier molecular flexibility index (Phi) is 8.54. The molecule has 7 heteroatoms. The van der Waals surface area contributed by atoms with Crippen molar-refractivity contribution < 1.29 is 19.1 Å². The van der Waals surface area contributed by atoms with Crippen LogP contribution in [0, 0.1) is 17.8 Å². The number of piperidine rings is 1. The van der Waals surface area contributed by atoms with E-state index in [1.165, 1.54) is 6.42 Å². The molecule has 2 N–H and O–H groups in total. The summed E-state index contributed by atoms with van der Waals surface area (Å²) in [5, 5.41) is 0. The van der Waals surface area contributed by atoms with Gasteiger partial charge in [-0.15, -0.1) is 0 Å². The van der Waals surface area contributed by atoms with Gasteiger partial charge in [-0.1, -0.05) is 19.3 Å². The number of hydrogen-bond donors (Lipinski definition) is 1. The summed E-state index contributed by atoms with van der Waals surface area (Å²) in [5.41, 5.74) is 5.57. The van der Waals surface area contributed by atoms with Gasteiger partial charge < -0.3 is 15.4 Å². The predicted octanol–water partition coefficient (Wildman–Crippen LogP) is 2.32. The van der Waals surface area contributed by atoms with Crippen LogP contribution in [-0.2, 0) is 19.1 Å². The molecule has 0 spiro atoms. The van der Waals surface area contributed by atoms with Crippen molar-refractivity contribution in [2.45, 2.75) is 77.2 Å². The summed E-state index contributed by atoms with van der Waals surface area (Å²) >= 11 is 0. The molecule has 0 radical (unpaired) electrons. The molecule has 0 aromatic heterocycles. The highest BCUT2D eigenvalue weighted by molar-refractivity contribution is 5.80. The Morgan fingerprint density at radius 3 is 2.43 bits per heavy atom. The SMILES string of the molecule is CCOC(=O)CC1CCN(C(=O)C2CCCCC2)CC1CCN1CCCC1C(N)=O. The Bertz CT molecular complexity index is 605. The van der Waals surface area contributed by atoms with Gasteiger partial charge in [0.05, 0.1) is 12.6 Å². The van der Waals surface area contributed by atoms with E-state index in [4.69, 9.17) is 10.5 Å². The van der Waals surface area contributed by atoms with Gasteiger partial charge in [-0.05, 0) is 70.4 Å². The van der Waals surface area contributed by atoms with Crippen LogP contribution in [0.25, 0.3) is 0 Å². The van der Waals surface area contributed by atoms with Crippen LogP contribution >= 0.6 is 0 Å². The molecule has 170 valence electrons. The largest absolute Gasteiger partial charge is 0.466 e. The topological polar surface area (TPSA) is 92.9 Å². The summed E-state index contributed by atoms with van der Waals surface area (Å²) in [7, 11) is 0. The molecule has 3 fully saturated rings. The fraction of sp³-hybridized carbons (Fsp3) is 0.870. The van der Waals surface area contributed by atoms with Gasteiger partial charge in [0.1, 0.15) is 0 Å². The lowest BCUT2D eigenvalue weighted by molar-refractivity contribution is -0.146. The van der Waals surface area contributed by atoms with E-state index in [0.29, 0.717) is 25.5 Å². The van der Waals surface area contributed by atoms with Gasteiger partial charge in [-0.25, -0.2) is 0 Å². The van der Waals surface area contributed by atoms with Crippen LogP contribution in [0.5, 0.6) is 0 Å². The number of likely N-dealkylation sites (tertiary alicyclic amines) is 2. The first-order valence-electron chi connectivity index (χ1n) is 12.0. The second-order valence-electron chi connectivity index (χ2n) is 9.32. The summed E-state index contributed by atoms with van der Waals surface area (Å²) in [5.74, 6) is 0.590. The van der Waals surface area contributed by atoms with Gasteiger partial charge in [0, 0.05) is 25.4 Å². The standard InChI is InChI=1S/C23H39N3O4/c1-2-30-21(27)15-18-10-14-26(23(29)17-7-4-3-5-8-17)16-19(18)11-13-25-12-6-9-20(25)22(24)28/h17-20H,2-16H2,1H3,(H2,24,28). The number of esters is 1. The number of hydrogen-bond acceptors (Lipinski definition) is 5. The highest BCUT2D eigenvalue weighted by Crippen LogP contribution is 2.33. The van der Waals surface area contributed by atoms with E-state index >= 15 is 0 Å². The van der Waals surface area contributed by atoms with Gasteiger partial charge in [0.15, 0.2) is 0 Å². The second kappa shape index (κ2) is 11.1. The third-order valence-corrected chi connectivity index (χ3v) is 7.37. The molecular formula is C23H39N3O4. The molecule has 0 aromatic carbocycles. The summed E-state index contributed by atoms with van der Waals surface area (Å²) in [6.07, 6.45) is 9.55. The zero-order chi connectivity index (χ0) is 21.5. The van der Waals surface area contributed by atoms with Crippen molar-refractivity contribution in [1.29, 1.82) is 0 Å². The van der Waals surface area contributed by atoms with Crippen molar-refractivity contribution in [3.05, 3.63) is 0 Å². The van der Waals surface area contributed by atoms with E-state index in [0.717, 1.165) is 71.0 Å². The quantitative estimate of drug-likeness (QED) is 0.607. The predicted molar refractivity (Wildman–Crippen MR) is 114 cm³/mol.